The van der Waals surface area contributed by atoms with E-state index in [0.29, 0.717) is 19.5 Å². The molecular weight excluding hydrogens is 372 g/mol. The number of aromatic nitrogens is 2. The van der Waals surface area contributed by atoms with Gasteiger partial charge in [0.1, 0.15) is 5.92 Å². The van der Waals surface area contributed by atoms with Crippen molar-refractivity contribution < 1.29 is 9.59 Å². The quantitative estimate of drug-likeness (QED) is 0.795. The third-order valence-corrected chi connectivity index (χ3v) is 4.54. The lowest BCUT2D eigenvalue weighted by Crippen LogP contribution is -2.42. The monoisotopic (exact) mass is 390 g/mol. The third-order valence-electron chi connectivity index (χ3n) is 4.05. The van der Waals surface area contributed by atoms with E-state index >= 15 is 0 Å². The number of carbonyl (C=O) groups is 2. The first-order chi connectivity index (χ1) is 11.5. The largest absolute Gasteiger partial charge is 0.351 e. The van der Waals surface area contributed by atoms with Gasteiger partial charge in [-0.1, -0.05) is 22.0 Å². The molecule has 0 aliphatic carbocycles. The Balaban J connectivity index is 1.61. The molecule has 2 amide bonds. The van der Waals surface area contributed by atoms with E-state index < -0.39 is 5.92 Å². The fourth-order valence-electron chi connectivity index (χ4n) is 2.90. The summed E-state index contributed by atoms with van der Waals surface area (Å²) < 4.78 is 2.67. The molecule has 3 rings (SSSR count). The highest BCUT2D eigenvalue weighted by atomic mass is 79.9. The van der Waals surface area contributed by atoms with E-state index in [0.717, 1.165) is 10.2 Å². The Morgan fingerprint density at radius 2 is 2.29 bits per heavy atom. The van der Waals surface area contributed by atoms with Crippen LogP contribution in [0.1, 0.15) is 13.3 Å². The molecule has 1 aliphatic heterocycles. The summed E-state index contributed by atoms with van der Waals surface area (Å²) >= 11 is 3.41. The van der Waals surface area contributed by atoms with Crippen LogP contribution < -0.4 is 10.2 Å². The normalized spacial score (nSPS) is 18.7. The van der Waals surface area contributed by atoms with Crippen molar-refractivity contribution in [2.75, 3.05) is 11.4 Å². The number of hydrogen-bond donors (Lipinski definition) is 1. The summed E-state index contributed by atoms with van der Waals surface area (Å²) in [5, 5.41) is 7.04. The molecule has 0 bridgehead atoms. The first-order valence-corrected chi connectivity index (χ1v) is 8.68. The summed E-state index contributed by atoms with van der Waals surface area (Å²) in [7, 11) is 0. The predicted molar refractivity (Wildman–Crippen MR) is 94.4 cm³/mol. The van der Waals surface area contributed by atoms with E-state index in [9.17, 15) is 9.59 Å². The molecule has 1 aromatic carbocycles. The molecule has 1 aromatic heterocycles. The number of hydrogen-bond acceptors (Lipinski definition) is 3. The van der Waals surface area contributed by atoms with Crippen LogP contribution in [0.4, 0.5) is 5.69 Å². The standard InChI is InChI=1S/C17H19BrN4O2/c1-12(11-21-8-3-7-19-21)20-16(23)15-6-9-22(17(15)24)14-5-2-4-13(18)10-14/h2-5,7-8,10,12,15H,6,9,11H2,1H3,(H,20,23). The van der Waals surface area contributed by atoms with Crippen LogP contribution in [0.15, 0.2) is 47.2 Å². The number of nitrogens with zero attached hydrogens (tertiary/aromatic N) is 3. The smallest absolute Gasteiger partial charge is 0.239 e. The lowest BCUT2D eigenvalue weighted by atomic mass is 10.1. The second-order valence-corrected chi connectivity index (χ2v) is 6.86. The minimum atomic E-state index is -0.621. The van der Waals surface area contributed by atoms with Gasteiger partial charge in [0.25, 0.3) is 0 Å². The van der Waals surface area contributed by atoms with Crippen molar-refractivity contribution in [2.45, 2.75) is 25.9 Å². The Bertz CT molecular complexity index is 732. The van der Waals surface area contributed by atoms with Crippen LogP contribution in [0, 0.1) is 5.92 Å². The molecule has 2 heterocycles. The zero-order chi connectivity index (χ0) is 17.1. The minimum Gasteiger partial charge on any atom is -0.351 e. The van der Waals surface area contributed by atoms with Gasteiger partial charge in [0.05, 0.1) is 6.54 Å². The molecule has 7 heteroatoms. The number of benzene rings is 1. The van der Waals surface area contributed by atoms with E-state index in [2.05, 4.69) is 26.3 Å². The molecule has 1 N–H and O–H groups in total. The van der Waals surface area contributed by atoms with Crippen molar-refractivity contribution in [1.82, 2.24) is 15.1 Å². The van der Waals surface area contributed by atoms with Crippen molar-refractivity contribution in [2.24, 2.45) is 5.92 Å². The Hall–Kier alpha value is -2.15. The third kappa shape index (κ3) is 3.67. The van der Waals surface area contributed by atoms with Crippen LogP contribution in [-0.2, 0) is 16.1 Å². The molecule has 2 unspecified atom stereocenters. The van der Waals surface area contributed by atoms with Crippen LogP contribution in [-0.4, -0.2) is 34.2 Å². The van der Waals surface area contributed by atoms with Crippen LogP contribution in [0.25, 0.3) is 0 Å². The summed E-state index contributed by atoms with van der Waals surface area (Å²) in [5.74, 6) is -0.974. The fourth-order valence-corrected chi connectivity index (χ4v) is 3.29. The van der Waals surface area contributed by atoms with Gasteiger partial charge in [-0.2, -0.15) is 5.10 Å². The number of halogens is 1. The molecule has 2 aromatic rings. The van der Waals surface area contributed by atoms with E-state index in [-0.39, 0.29) is 17.9 Å². The molecule has 6 nitrogen and oxygen atoms in total. The zero-order valence-corrected chi connectivity index (χ0v) is 14.9. The van der Waals surface area contributed by atoms with Crippen LogP contribution >= 0.6 is 15.9 Å². The first-order valence-electron chi connectivity index (χ1n) is 7.89. The Morgan fingerprint density at radius 1 is 1.46 bits per heavy atom. The van der Waals surface area contributed by atoms with Crippen molar-refractivity contribution in [1.29, 1.82) is 0 Å². The van der Waals surface area contributed by atoms with Crippen molar-refractivity contribution in [3.8, 4) is 0 Å². The number of anilines is 1. The molecule has 0 saturated carbocycles. The van der Waals surface area contributed by atoms with Crippen LogP contribution in [0.3, 0.4) is 0 Å². The summed E-state index contributed by atoms with van der Waals surface area (Å²) in [4.78, 5) is 26.7. The summed E-state index contributed by atoms with van der Waals surface area (Å²) in [6.45, 7) is 3.04. The zero-order valence-electron chi connectivity index (χ0n) is 13.4. The first kappa shape index (κ1) is 16.7. The minimum absolute atomic E-state index is 0.0925. The van der Waals surface area contributed by atoms with E-state index in [4.69, 9.17) is 0 Å². The molecule has 1 saturated heterocycles. The van der Waals surface area contributed by atoms with E-state index in [1.807, 2.05) is 43.5 Å². The number of carbonyl (C=O) groups excluding carboxylic acids is 2. The average Bonchev–Trinajstić information content (AvgIpc) is 3.16. The van der Waals surface area contributed by atoms with Crippen LogP contribution in [0.5, 0.6) is 0 Å². The highest BCUT2D eigenvalue weighted by Crippen LogP contribution is 2.27. The lowest BCUT2D eigenvalue weighted by Gasteiger charge is -2.18. The molecule has 24 heavy (non-hydrogen) atoms. The second kappa shape index (κ2) is 7.17. The van der Waals surface area contributed by atoms with Gasteiger partial charge in [0.2, 0.25) is 11.8 Å². The van der Waals surface area contributed by atoms with Gasteiger partial charge in [0.15, 0.2) is 0 Å². The molecule has 1 aliphatic rings. The van der Waals surface area contributed by atoms with Crippen molar-refractivity contribution >= 4 is 33.4 Å². The number of nitrogens with one attached hydrogen (secondary N) is 1. The van der Waals surface area contributed by atoms with Gasteiger partial charge in [-0.3, -0.25) is 14.3 Å². The molecule has 0 radical (unpaired) electrons. The van der Waals surface area contributed by atoms with Gasteiger partial charge in [-0.25, -0.2) is 0 Å². The Morgan fingerprint density at radius 3 is 3.00 bits per heavy atom. The highest BCUT2D eigenvalue weighted by molar-refractivity contribution is 9.10. The fraction of sp³-hybridized carbons (Fsp3) is 0.353. The maximum Gasteiger partial charge on any atom is 0.239 e. The van der Waals surface area contributed by atoms with Gasteiger partial charge in [0, 0.05) is 35.1 Å². The average molecular weight is 391 g/mol. The lowest BCUT2D eigenvalue weighted by molar-refractivity contribution is -0.132. The molecule has 0 spiro atoms. The van der Waals surface area contributed by atoms with Gasteiger partial charge in [-0.05, 0) is 37.6 Å². The van der Waals surface area contributed by atoms with Crippen molar-refractivity contribution in [3.63, 3.8) is 0 Å². The molecule has 126 valence electrons. The maximum atomic E-state index is 12.6. The topological polar surface area (TPSA) is 67.2 Å². The van der Waals surface area contributed by atoms with E-state index in [1.54, 1.807) is 15.8 Å². The Kier molecular flexibility index (Phi) is 4.99. The predicted octanol–water partition coefficient (Wildman–Crippen LogP) is 2.20. The van der Waals surface area contributed by atoms with Crippen LogP contribution in [0.2, 0.25) is 0 Å². The Labute approximate surface area is 149 Å². The number of amides is 2. The van der Waals surface area contributed by atoms with E-state index in [1.165, 1.54) is 0 Å². The maximum absolute atomic E-state index is 12.6. The molecular formula is C17H19BrN4O2. The summed E-state index contributed by atoms with van der Waals surface area (Å²) in [6.07, 6.45) is 4.08. The molecule has 1 fully saturated rings. The van der Waals surface area contributed by atoms with Gasteiger partial charge >= 0.3 is 0 Å². The second-order valence-electron chi connectivity index (χ2n) is 5.95. The molecule has 2 atom stereocenters. The van der Waals surface area contributed by atoms with Gasteiger partial charge < -0.3 is 10.2 Å². The summed E-state index contributed by atoms with van der Waals surface area (Å²) in [5.41, 5.74) is 0.814. The highest BCUT2D eigenvalue weighted by Gasteiger charge is 2.37. The van der Waals surface area contributed by atoms with Crippen molar-refractivity contribution in [3.05, 3.63) is 47.2 Å². The summed E-state index contributed by atoms with van der Waals surface area (Å²) in [6, 6.07) is 9.30. The van der Waals surface area contributed by atoms with Gasteiger partial charge in [-0.15, -0.1) is 0 Å². The number of rotatable bonds is 5. The SMILES string of the molecule is CC(Cn1cccn1)NC(=O)C1CCN(c2cccc(Br)c2)C1=O.